The predicted molar refractivity (Wildman–Crippen MR) is 91.8 cm³/mol. The molecule has 118 valence electrons. The van der Waals surface area contributed by atoms with Gasteiger partial charge in [0.2, 0.25) is 0 Å². The molecule has 1 aromatic carbocycles. The highest BCUT2D eigenvalue weighted by atomic mass is 35.5. The van der Waals surface area contributed by atoms with Crippen LogP contribution in [0.1, 0.15) is 44.6 Å². The molecule has 0 aliphatic heterocycles. The lowest BCUT2D eigenvalue weighted by Crippen LogP contribution is -2.52. The second-order valence-corrected chi connectivity index (χ2v) is 7.33. The van der Waals surface area contributed by atoms with Crippen LogP contribution in [-0.4, -0.2) is 30.6 Å². The fourth-order valence-electron chi connectivity index (χ4n) is 3.38. The van der Waals surface area contributed by atoms with Crippen LogP contribution in [-0.2, 0) is 6.42 Å². The van der Waals surface area contributed by atoms with Crippen LogP contribution in [0.15, 0.2) is 24.3 Å². The summed E-state index contributed by atoms with van der Waals surface area (Å²) in [6.45, 7) is 4.13. The van der Waals surface area contributed by atoms with Crippen LogP contribution in [0.25, 0.3) is 0 Å². The van der Waals surface area contributed by atoms with Crippen LogP contribution < -0.4 is 5.73 Å². The Labute approximate surface area is 134 Å². The summed E-state index contributed by atoms with van der Waals surface area (Å²) in [6, 6.07) is 8.17. The Morgan fingerprint density at radius 3 is 2.38 bits per heavy atom. The molecule has 2 N–H and O–H groups in total. The number of nitrogens with two attached hydrogens (primary N) is 1. The summed E-state index contributed by atoms with van der Waals surface area (Å²) in [5.74, 6) is 0.847. The normalized spacial score (nSPS) is 19.7. The third kappa shape index (κ3) is 4.70. The quantitative estimate of drug-likeness (QED) is 0.857. The minimum atomic E-state index is 0.0191. The lowest BCUT2D eigenvalue weighted by atomic mass is 9.86. The average Bonchev–Trinajstić information content (AvgIpc) is 2.50. The van der Waals surface area contributed by atoms with Crippen molar-refractivity contribution in [3.8, 4) is 0 Å². The van der Waals surface area contributed by atoms with Gasteiger partial charge in [-0.25, -0.2) is 0 Å². The molecule has 2 rings (SSSR count). The number of benzene rings is 1. The van der Waals surface area contributed by atoms with Crippen molar-refractivity contribution < 1.29 is 0 Å². The Bertz CT molecular complexity index is 425. The smallest absolute Gasteiger partial charge is 0.0406 e. The average molecular weight is 309 g/mol. The standard InChI is InChI=1S/C18H29ClN2/c1-18(14-20,12-15-8-10-17(19)11-9-15)21(2)13-16-6-4-3-5-7-16/h8-11,16H,3-7,12-14,20H2,1-2H3. The molecule has 1 fully saturated rings. The zero-order valence-corrected chi connectivity index (χ0v) is 14.2. The lowest BCUT2D eigenvalue weighted by molar-refractivity contribution is 0.110. The fraction of sp³-hybridized carbons (Fsp3) is 0.667. The first-order chi connectivity index (χ1) is 10.0. The second kappa shape index (κ2) is 7.62. The Morgan fingerprint density at radius 1 is 1.19 bits per heavy atom. The topological polar surface area (TPSA) is 29.3 Å². The number of hydrogen-bond acceptors (Lipinski definition) is 2. The van der Waals surface area contributed by atoms with E-state index >= 15 is 0 Å². The van der Waals surface area contributed by atoms with Gasteiger partial charge in [0.05, 0.1) is 0 Å². The number of halogens is 1. The maximum absolute atomic E-state index is 6.12. The maximum Gasteiger partial charge on any atom is 0.0406 e. The molecule has 0 bridgehead atoms. The monoisotopic (exact) mass is 308 g/mol. The fourth-order valence-corrected chi connectivity index (χ4v) is 3.51. The van der Waals surface area contributed by atoms with E-state index in [-0.39, 0.29) is 5.54 Å². The summed E-state index contributed by atoms with van der Waals surface area (Å²) in [7, 11) is 2.23. The SMILES string of the molecule is CN(CC1CCCCC1)C(C)(CN)Cc1ccc(Cl)cc1. The summed E-state index contributed by atoms with van der Waals surface area (Å²) < 4.78 is 0. The molecule has 1 atom stereocenters. The lowest BCUT2D eigenvalue weighted by Gasteiger charge is -2.41. The van der Waals surface area contributed by atoms with Gasteiger partial charge in [0.1, 0.15) is 0 Å². The van der Waals surface area contributed by atoms with Gasteiger partial charge in [-0.2, -0.15) is 0 Å². The van der Waals surface area contributed by atoms with Crippen molar-refractivity contribution in [3.05, 3.63) is 34.9 Å². The third-order valence-corrected chi connectivity index (χ3v) is 5.37. The molecule has 0 saturated heterocycles. The Balaban J connectivity index is 1.99. The van der Waals surface area contributed by atoms with Gasteiger partial charge in [0.15, 0.2) is 0 Å². The highest BCUT2D eigenvalue weighted by Crippen LogP contribution is 2.27. The Morgan fingerprint density at radius 2 is 1.81 bits per heavy atom. The molecular formula is C18H29ClN2. The molecule has 1 aromatic rings. The van der Waals surface area contributed by atoms with E-state index in [4.69, 9.17) is 17.3 Å². The molecule has 1 aliphatic rings. The van der Waals surface area contributed by atoms with Crippen LogP contribution in [0.2, 0.25) is 5.02 Å². The largest absolute Gasteiger partial charge is 0.329 e. The first-order valence-electron chi connectivity index (χ1n) is 8.19. The van der Waals surface area contributed by atoms with Crippen molar-refractivity contribution in [2.24, 2.45) is 11.7 Å². The van der Waals surface area contributed by atoms with E-state index < -0.39 is 0 Å². The van der Waals surface area contributed by atoms with E-state index in [0.29, 0.717) is 6.54 Å². The Hall–Kier alpha value is -0.570. The third-order valence-electron chi connectivity index (χ3n) is 5.12. The highest BCUT2D eigenvalue weighted by molar-refractivity contribution is 6.30. The second-order valence-electron chi connectivity index (χ2n) is 6.89. The van der Waals surface area contributed by atoms with E-state index in [2.05, 4.69) is 31.0 Å². The molecule has 0 radical (unpaired) electrons. The van der Waals surface area contributed by atoms with Crippen molar-refractivity contribution in [2.75, 3.05) is 20.1 Å². The van der Waals surface area contributed by atoms with Gasteiger partial charge >= 0.3 is 0 Å². The van der Waals surface area contributed by atoms with Gasteiger partial charge in [0, 0.05) is 23.7 Å². The van der Waals surface area contributed by atoms with Crippen molar-refractivity contribution in [1.82, 2.24) is 4.90 Å². The summed E-state index contributed by atoms with van der Waals surface area (Å²) in [5, 5.41) is 0.795. The first kappa shape index (κ1) is 16.8. The molecular weight excluding hydrogens is 280 g/mol. The van der Waals surface area contributed by atoms with Crippen LogP contribution >= 0.6 is 11.6 Å². The maximum atomic E-state index is 6.12. The van der Waals surface area contributed by atoms with E-state index in [1.807, 2.05) is 12.1 Å². The number of hydrogen-bond donors (Lipinski definition) is 1. The van der Waals surface area contributed by atoms with Crippen LogP contribution in [0.4, 0.5) is 0 Å². The summed E-state index contributed by atoms with van der Waals surface area (Å²) in [5.41, 5.74) is 7.45. The Kier molecular flexibility index (Phi) is 6.09. The van der Waals surface area contributed by atoms with Gasteiger partial charge in [-0.15, -0.1) is 0 Å². The minimum absolute atomic E-state index is 0.0191. The molecule has 1 unspecified atom stereocenters. The van der Waals surface area contributed by atoms with E-state index in [0.717, 1.165) is 17.4 Å². The minimum Gasteiger partial charge on any atom is -0.329 e. The summed E-state index contributed by atoms with van der Waals surface area (Å²) in [6.07, 6.45) is 7.95. The van der Waals surface area contributed by atoms with Crippen LogP contribution in [0, 0.1) is 5.92 Å². The molecule has 1 saturated carbocycles. The summed E-state index contributed by atoms with van der Waals surface area (Å²) >= 11 is 5.97. The molecule has 0 spiro atoms. The van der Waals surface area contributed by atoms with Crippen molar-refractivity contribution in [2.45, 2.75) is 51.0 Å². The van der Waals surface area contributed by atoms with Gasteiger partial charge in [-0.05, 0) is 56.8 Å². The van der Waals surface area contributed by atoms with E-state index in [9.17, 15) is 0 Å². The first-order valence-corrected chi connectivity index (χ1v) is 8.57. The molecule has 0 heterocycles. The van der Waals surface area contributed by atoms with E-state index in [1.165, 1.54) is 44.2 Å². The van der Waals surface area contributed by atoms with Crippen molar-refractivity contribution in [3.63, 3.8) is 0 Å². The zero-order valence-electron chi connectivity index (χ0n) is 13.4. The van der Waals surface area contributed by atoms with Gasteiger partial charge in [-0.1, -0.05) is 43.0 Å². The van der Waals surface area contributed by atoms with E-state index in [1.54, 1.807) is 0 Å². The van der Waals surface area contributed by atoms with Gasteiger partial charge in [0.25, 0.3) is 0 Å². The van der Waals surface area contributed by atoms with Crippen LogP contribution in [0.5, 0.6) is 0 Å². The molecule has 0 amide bonds. The number of nitrogens with zero attached hydrogens (tertiary/aromatic N) is 1. The number of likely N-dealkylation sites (N-methyl/N-ethyl adjacent to an activating group) is 1. The zero-order chi connectivity index (χ0) is 15.3. The molecule has 21 heavy (non-hydrogen) atoms. The predicted octanol–water partition coefficient (Wildman–Crippen LogP) is 4.11. The summed E-state index contributed by atoms with van der Waals surface area (Å²) in [4.78, 5) is 2.48. The number of rotatable bonds is 6. The van der Waals surface area contributed by atoms with Crippen molar-refractivity contribution >= 4 is 11.6 Å². The molecule has 1 aliphatic carbocycles. The molecule has 0 aromatic heterocycles. The van der Waals surface area contributed by atoms with Crippen LogP contribution in [0.3, 0.4) is 0 Å². The van der Waals surface area contributed by atoms with Gasteiger partial charge in [-0.3, -0.25) is 4.90 Å². The van der Waals surface area contributed by atoms with Crippen molar-refractivity contribution in [1.29, 1.82) is 0 Å². The highest BCUT2D eigenvalue weighted by Gasteiger charge is 2.30. The molecule has 3 heteroatoms. The molecule has 2 nitrogen and oxygen atoms in total. The van der Waals surface area contributed by atoms with Gasteiger partial charge < -0.3 is 5.73 Å².